The van der Waals surface area contributed by atoms with Crippen molar-refractivity contribution in [2.45, 2.75) is 282 Å². The summed E-state index contributed by atoms with van der Waals surface area (Å²) >= 11 is 0. The van der Waals surface area contributed by atoms with Crippen LogP contribution < -0.4 is 5.32 Å². The topological polar surface area (TPSA) is 175 Å². The second-order valence-corrected chi connectivity index (χ2v) is 19.4. The SMILES string of the molecule is CC/C=C/C=C/C=C/C=C\CCCCCCC(O)C(=O)NC(COC1OC(CO)C(O)C(O)C1OC(=O)CCCCCCCCCCCCCCCCC)C(O)/C=C/CCCCCCCCCCC. The number of aliphatic hydroxyl groups excluding tert-OH is 5. The number of aliphatic hydroxyl groups is 5. The van der Waals surface area contributed by atoms with E-state index < -0.39 is 67.4 Å². The highest BCUT2D eigenvalue weighted by molar-refractivity contribution is 5.80. The van der Waals surface area contributed by atoms with E-state index in [2.05, 4.69) is 38.2 Å². The Hall–Kier alpha value is -2.64. The molecule has 1 aliphatic heterocycles. The molecule has 0 aromatic heterocycles. The molecule has 8 atom stereocenters. The lowest BCUT2D eigenvalue weighted by Crippen LogP contribution is -2.61. The summed E-state index contributed by atoms with van der Waals surface area (Å²) in [6.45, 7) is 5.61. The summed E-state index contributed by atoms with van der Waals surface area (Å²) in [6, 6.07) is -1.03. The van der Waals surface area contributed by atoms with Gasteiger partial charge in [-0.1, -0.05) is 242 Å². The van der Waals surface area contributed by atoms with Gasteiger partial charge in [-0.3, -0.25) is 9.59 Å². The van der Waals surface area contributed by atoms with Crippen molar-refractivity contribution >= 4 is 11.9 Å². The molecule has 0 aromatic rings. The third-order valence-electron chi connectivity index (χ3n) is 13.0. The van der Waals surface area contributed by atoms with Crippen LogP contribution in [0.5, 0.6) is 0 Å². The Morgan fingerprint density at radius 2 is 1.04 bits per heavy atom. The lowest BCUT2D eigenvalue weighted by atomic mass is 9.99. The summed E-state index contributed by atoms with van der Waals surface area (Å²) in [4.78, 5) is 26.4. The van der Waals surface area contributed by atoms with Crippen molar-refractivity contribution < 1.29 is 49.3 Å². The monoisotopic (exact) mass is 974 g/mol. The minimum Gasteiger partial charge on any atom is -0.454 e. The first-order valence-corrected chi connectivity index (χ1v) is 28.1. The molecule has 0 spiro atoms. The van der Waals surface area contributed by atoms with Crippen LogP contribution in [0, 0.1) is 0 Å². The molecular formula is C58H103NO10. The Kier molecular flexibility index (Phi) is 43.3. The number of hydrogen-bond acceptors (Lipinski definition) is 10. The molecule has 69 heavy (non-hydrogen) atoms. The number of carbonyl (C=O) groups excluding carboxylic acids is 2. The molecule has 0 aliphatic carbocycles. The predicted molar refractivity (Wildman–Crippen MR) is 283 cm³/mol. The van der Waals surface area contributed by atoms with Crippen molar-refractivity contribution in [3.63, 3.8) is 0 Å². The second kappa shape index (κ2) is 46.4. The molecule has 0 aromatic carbocycles. The molecule has 8 unspecified atom stereocenters. The van der Waals surface area contributed by atoms with Crippen LogP contribution in [0.3, 0.4) is 0 Å². The zero-order valence-corrected chi connectivity index (χ0v) is 43.9. The maximum atomic E-state index is 13.3. The van der Waals surface area contributed by atoms with Crippen molar-refractivity contribution in [2.24, 2.45) is 0 Å². The van der Waals surface area contributed by atoms with Crippen LogP contribution in [0.1, 0.15) is 233 Å². The minimum absolute atomic E-state index is 0.122. The van der Waals surface area contributed by atoms with Crippen LogP contribution in [0.15, 0.2) is 60.8 Å². The Morgan fingerprint density at radius 1 is 0.580 bits per heavy atom. The first kappa shape index (κ1) is 64.4. The molecule has 0 saturated carbocycles. The Labute approximate surface area is 420 Å². The number of carbonyl (C=O) groups is 2. The number of hydrogen-bond donors (Lipinski definition) is 6. The van der Waals surface area contributed by atoms with Gasteiger partial charge in [0.1, 0.15) is 24.4 Å². The number of amides is 1. The van der Waals surface area contributed by atoms with E-state index in [1.54, 1.807) is 6.08 Å². The van der Waals surface area contributed by atoms with Gasteiger partial charge in [0.15, 0.2) is 12.4 Å². The number of ether oxygens (including phenoxy) is 3. The van der Waals surface area contributed by atoms with Crippen LogP contribution in [0.25, 0.3) is 0 Å². The average Bonchev–Trinajstić information content (AvgIpc) is 3.34. The zero-order chi connectivity index (χ0) is 50.4. The van der Waals surface area contributed by atoms with Gasteiger partial charge in [-0.05, 0) is 44.9 Å². The summed E-state index contributed by atoms with van der Waals surface area (Å²) in [5.74, 6) is -1.22. The highest BCUT2D eigenvalue weighted by Gasteiger charge is 2.47. The van der Waals surface area contributed by atoms with E-state index in [0.717, 1.165) is 70.6 Å². The molecule has 0 bridgehead atoms. The number of esters is 1. The van der Waals surface area contributed by atoms with Gasteiger partial charge < -0.3 is 45.1 Å². The Bertz CT molecular complexity index is 1350. The van der Waals surface area contributed by atoms with Crippen LogP contribution >= 0.6 is 0 Å². The summed E-state index contributed by atoms with van der Waals surface area (Å²) < 4.78 is 17.5. The number of nitrogens with one attached hydrogen (secondary N) is 1. The first-order valence-electron chi connectivity index (χ1n) is 28.1. The third-order valence-corrected chi connectivity index (χ3v) is 13.0. The molecule has 400 valence electrons. The fourth-order valence-corrected chi connectivity index (χ4v) is 8.54. The molecule has 6 N–H and O–H groups in total. The Balaban J connectivity index is 2.75. The van der Waals surface area contributed by atoms with E-state index in [1.165, 1.54) is 116 Å². The van der Waals surface area contributed by atoms with E-state index in [0.29, 0.717) is 12.8 Å². The Morgan fingerprint density at radius 3 is 1.57 bits per heavy atom. The van der Waals surface area contributed by atoms with Gasteiger partial charge in [-0.2, -0.15) is 0 Å². The lowest BCUT2D eigenvalue weighted by molar-refractivity contribution is -0.305. The highest BCUT2D eigenvalue weighted by Crippen LogP contribution is 2.26. The van der Waals surface area contributed by atoms with Crippen LogP contribution in [-0.4, -0.2) is 99.6 Å². The summed E-state index contributed by atoms with van der Waals surface area (Å²) in [7, 11) is 0. The van der Waals surface area contributed by atoms with Crippen molar-refractivity contribution in [1.29, 1.82) is 0 Å². The summed E-state index contributed by atoms with van der Waals surface area (Å²) in [5.41, 5.74) is 0. The summed E-state index contributed by atoms with van der Waals surface area (Å²) in [6.07, 6.45) is 45.5. The van der Waals surface area contributed by atoms with E-state index in [1.807, 2.05) is 42.5 Å². The first-order chi connectivity index (χ1) is 33.7. The molecule has 1 aliphatic rings. The van der Waals surface area contributed by atoms with Crippen molar-refractivity contribution in [2.75, 3.05) is 13.2 Å². The maximum Gasteiger partial charge on any atom is 0.306 e. The fourth-order valence-electron chi connectivity index (χ4n) is 8.54. The van der Waals surface area contributed by atoms with Crippen molar-refractivity contribution in [1.82, 2.24) is 5.32 Å². The summed E-state index contributed by atoms with van der Waals surface area (Å²) in [5, 5.41) is 56.7. The normalized spacial score (nSPS) is 20.3. The van der Waals surface area contributed by atoms with Crippen molar-refractivity contribution in [3.8, 4) is 0 Å². The van der Waals surface area contributed by atoms with Gasteiger partial charge in [0.05, 0.1) is 25.4 Å². The van der Waals surface area contributed by atoms with Crippen LogP contribution in [0.4, 0.5) is 0 Å². The highest BCUT2D eigenvalue weighted by atomic mass is 16.7. The van der Waals surface area contributed by atoms with Gasteiger partial charge >= 0.3 is 5.97 Å². The molecule has 1 saturated heterocycles. The van der Waals surface area contributed by atoms with Gasteiger partial charge in [0.25, 0.3) is 0 Å². The molecule has 11 nitrogen and oxygen atoms in total. The number of rotatable bonds is 46. The largest absolute Gasteiger partial charge is 0.454 e. The molecule has 1 rings (SSSR count). The molecule has 1 heterocycles. The quantitative estimate of drug-likeness (QED) is 0.0149. The predicted octanol–water partition coefficient (Wildman–Crippen LogP) is 12.3. The van der Waals surface area contributed by atoms with Crippen LogP contribution in [0.2, 0.25) is 0 Å². The molecular weight excluding hydrogens is 871 g/mol. The van der Waals surface area contributed by atoms with E-state index in [9.17, 15) is 35.1 Å². The van der Waals surface area contributed by atoms with Crippen molar-refractivity contribution in [3.05, 3.63) is 60.8 Å². The molecule has 1 amide bonds. The van der Waals surface area contributed by atoms with Gasteiger partial charge in [0, 0.05) is 6.42 Å². The maximum absolute atomic E-state index is 13.3. The third kappa shape index (κ3) is 35.2. The average molecular weight is 974 g/mol. The van der Waals surface area contributed by atoms with E-state index in [-0.39, 0.29) is 19.4 Å². The van der Waals surface area contributed by atoms with E-state index in [4.69, 9.17) is 14.2 Å². The minimum atomic E-state index is -1.62. The van der Waals surface area contributed by atoms with Gasteiger partial charge in [-0.25, -0.2) is 0 Å². The van der Waals surface area contributed by atoms with Crippen LogP contribution in [-0.2, 0) is 23.8 Å². The smallest absolute Gasteiger partial charge is 0.306 e. The molecule has 0 radical (unpaired) electrons. The number of unbranched alkanes of at least 4 members (excludes halogenated alkanes) is 27. The lowest BCUT2D eigenvalue weighted by Gasteiger charge is -2.41. The van der Waals surface area contributed by atoms with E-state index >= 15 is 0 Å². The fraction of sp³-hybridized carbons (Fsp3) is 0.793. The second-order valence-electron chi connectivity index (χ2n) is 19.4. The molecule has 1 fully saturated rings. The molecule has 11 heteroatoms. The number of allylic oxidation sites excluding steroid dienone is 9. The standard InChI is InChI=1S/C58H103NO10/c1-4-7-10-13-16-19-22-24-26-28-31-34-37-40-43-46-53(63)69-56-55(65)54(64)52(47-60)68-58(56)67-48-49(50(61)44-41-38-35-32-29-21-18-15-12-9-6-3)59-57(66)51(62)45-42-39-36-33-30-27-25-23-20-17-14-11-8-5-2/h8,11,14,17,20,23,25,27,41,44,49-52,54-56,58,60-62,64-65H,4-7,9-10,12-13,15-16,18-19,21-22,24,26,28-40,42-43,45-48H2,1-3H3,(H,59,66)/b11-8+,17-14+,23-20+,27-25-,44-41+. The zero-order valence-electron chi connectivity index (χ0n) is 43.9. The van der Waals surface area contributed by atoms with Gasteiger partial charge in [0.2, 0.25) is 5.91 Å². The van der Waals surface area contributed by atoms with Gasteiger partial charge in [-0.15, -0.1) is 0 Å².